The number of carbonyl (C=O) groups excluding carboxylic acids is 1. The monoisotopic (exact) mass is 374 g/mol. The van der Waals surface area contributed by atoms with E-state index in [9.17, 15) is 18.0 Å². The molecule has 1 fully saturated rings. The highest BCUT2D eigenvalue weighted by Crippen LogP contribution is 2.31. The van der Waals surface area contributed by atoms with Gasteiger partial charge in [0, 0.05) is 18.5 Å². The highest BCUT2D eigenvalue weighted by Gasteiger charge is 2.32. The van der Waals surface area contributed by atoms with Crippen LogP contribution >= 0.6 is 22.7 Å². The van der Waals surface area contributed by atoms with E-state index in [4.69, 9.17) is 0 Å². The maximum atomic E-state index is 12.5. The number of thiophene rings is 1. The molecule has 2 aromatic rings. The lowest BCUT2D eigenvalue weighted by Crippen LogP contribution is -2.36. The highest BCUT2D eigenvalue weighted by atomic mass is 32.1. The van der Waals surface area contributed by atoms with Crippen LogP contribution in [0.2, 0.25) is 0 Å². The molecule has 0 radical (unpaired) electrons. The zero-order chi connectivity index (χ0) is 17.2. The Labute approximate surface area is 146 Å². The number of halogens is 3. The van der Waals surface area contributed by atoms with Crippen molar-refractivity contribution in [2.75, 3.05) is 13.1 Å². The first-order valence-corrected chi connectivity index (χ1v) is 9.49. The first-order chi connectivity index (χ1) is 11.4. The molecule has 3 nitrogen and oxygen atoms in total. The van der Waals surface area contributed by atoms with Crippen molar-refractivity contribution in [3.63, 3.8) is 0 Å². The van der Waals surface area contributed by atoms with E-state index in [-0.39, 0.29) is 18.9 Å². The molecule has 8 heteroatoms. The summed E-state index contributed by atoms with van der Waals surface area (Å²) in [4.78, 5) is 19.2. The molecule has 1 aliphatic rings. The molecule has 0 unspecified atom stereocenters. The van der Waals surface area contributed by atoms with Crippen molar-refractivity contribution in [2.45, 2.75) is 31.9 Å². The summed E-state index contributed by atoms with van der Waals surface area (Å²) in [5, 5.41) is 4.61. The second-order valence-corrected chi connectivity index (χ2v) is 7.75. The Morgan fingerprint density at radius 2 is 2.12 bits per heavy atom. The Balaban J connectivity index is 1.61. The molecule has 0 spiro atoms. The third-order valence-corrected chi connectivity index (χ3v) is 5.74. The molecule has 2 aromatic heterocycles. The molecule has 2 heterocycles. The Morgan fingerprint density at radius 3 is 2.75 bits per heavy atom. The number of amides is 1. The van der Waals surface area contributed by atoms with E-state index < -0.39 is 12.6 Å². The number of nitrogens with zero attached hydrogens (tertiary/aromatic N) is 2. The van der Waals surface area contributed by atoms with Crippen molar-refractivity contribution >= 4 is 28.6 Å². The van der Waals surface area contributed by atoms with E-state index in [2.05, 4.69) is 4.98 Å². The molecule has 0 saturated heterocycles. The molecule has 1 amide bonds. The summed E-state index contributed by atoms with van der Waals surface area (Å²) >= 11 is 3.02. The van der Waals surface area contributed by atoms with Crippen LogP contribution < -0.4 is 0 Å². The minimum atomic E-state index is -4.24. The smallest absolute Gasteiger partial charge is 0.342 e. The SMILES string of the molecule is O=C(Cc1csc(-c2cccs2)n1)N(CCC(F)(F)F)CC1CC1. The van der Waals surface area contributed by atoms with Gasteiger partial charge in [-0.25, -0.2) is 4.98 Å². The summed E-state index contributed by atoms with van der Waals surface area (Å²) in [5.41, 5.74) is 0.626. The summed E-state index contributed by atoms with van der Waals surface area (Å²) in [7, 11) is 0. The average Bonchev–Trinajstić information content (AvgIpc) is 2.99. The molecule has 130 valence electrons. The number of aromatic nitrogens is 1. The van der Waals surface area contributed by atoms with Gasteiger partial charge in [0.15, 0.2) is 0 Å². The summed E-state index contributed by atoms with van der Waals surface area (Å²) in [5.74, 6) is 0.0912. The minimum Gasteiger partial charge on any atom is -0.342 e. The maximum Gasteiger partial charge on any atom is 0.390 e. The van der Waals surface area contributed by atoms with E-state index >= 15 is 0 Å². The van der Waals surface area contributed by atoms with E-state index in [1.807, 2.05) is 22.9 Å². The van der Waals surface area contributed by atoms with Crippen molar-refractivity contribution in [1.29, 1.82) is 0 Å². The Morgan fingerprint density at radius 1 is 1.33 bits per heavy atom. The van der Waals surface area contributed by atoms with Gasteiger partial charge in [-0.3, -0.25) is 4.79 Å². The van der Waals surface area contributed by atoms with Crippen LogP contribution in [0.15, 0.2) is 22.9 Å². The second-order valence-electron chi connectivity index (χ2n) is 5.95. The third-order valence-electron chi connectivity index (χ3n) is 3.81. The maximum absolute atomic E-state index is 12.5. The predicted molar refractivity (Wildman–Crippen MR) is 89.1 cm³/mol. The number of rotatable bonds is 7. The van der Waals surface area contributed by atoms with E-state index in [0.29, 0.717) is 18.2 Å². The lowest BCUT2D eigenvalue weighted by atomic mass is 10.2. The van der Waals surface area contributed by atoms with Gasteiger partial charge in [-0.15, -0.1) is 22.7 Å². The number of thiazole rings is 1. The molecular weight excluding hydrogens is 357 g/mol. The average molecular weight is 374 g/mol. The fourth-order valence-corrected chi connectivity index (χ4v) is 3.99. The van der Waals surface area contributed by atoms with Crippen molar-refractivity contribution in [3.8, 4) is 9.88 Å². The van der Waals surface area contributed by atoms with Crippen LogP contribution in [0.3, 0.4) is 0 Å². The van der Waals surface area contributed by atoms with E-state index in [1.54, 1.807) is 11.3 Å². The van der Waals surface area contributed by atoms with Crippen LogP contribution in [0.4, 0.5) is 13.2 Å². The Kier molecular flexibility index (Phi) is 5.24. The largest absolute Gasteiger partial charge is 0.390 e. The molecule has 3 rings (SSSR count). The first-order valence-electron chi connectivity index (χ1n) is 7.73. The Hall–Kier alpha value is -1.41. The fourth-order valence-electron chi connectivity index (χ4n) is 2.36. The standard InChI is InChI=1S/C16H17F3N2OS2/c17-16(18,19)5-6-21(9-11-3-4-11)14(22)8-12-10-24-15(20-12)13-2-1-7-23-13/h1-2,7,10-11H,3-6,8-9H2. The molecule has 0 aliphatic heterocycles. The number of alkyl halides is 3. The number of carbonyl (C=O) groups is 1. The van der Waals surface area contributed by atoms with Crippen LogP contribution in [0.1, 0.15) is 25.0 Å². The zero-order valence-corrected chi connectivity index (χ0v) is 14.5. The zero-order valence-electron chi connectivity index (χ0n) is 12.9. The van der Waals surface area contributed by atoms with Crippen molar-refractivity contribution in [1.82, 2.24) is 9.88 Å². The van der Waals surface area contributed by atoms with Crippen molar-refractivity contribution in [2.24, 2.45) is 5.92 Å². The summed E-state index contributed by atoms with van der Waals surface area (Å²) in [6.45, 7) is 0.164. The molecule has 0 atom stereocenters. The molecule has 0 aromatic carbocycles. The first kappa shape index (κ1) is 17.4. The van der Waals surface area contributed by atoms with Crippen LogP contribution in [0, 0.1) is 5.92 Å². The van der Waals surface area contributed by atoms with E-state index in [1.165, 1.54) is 16.2 Å². The van der Waals surface area contributed by atoms with E-state index in [0.717, 1.165) is 22.7 Å². The predicted octanol–water partition coefficient (Wildman–Crippen LogP) is 4.61. The normalized spacial score (nSPS) is 14.8. The third kappa shape index (κ3) is 5.04. The van der Waals surface area contributed by atoms with Gasteiger partial charge >= 0.3 is 6.18 Å². The van der Waals surface area contributed by atoms with Gasteiger partial charge in [0.05, 0.1) is 23.4 Å². The lowest BCUT2D eigenvalue weighted by molar-refractivity contribution is -0.145. The quantitative estimate of drug-likeness (QED) is 0.709. The molecule has 1 saturated carbocycles. The fraction of sp³-hybridized carbons (Fsp3) is 0.500. The molecule has 0 bridgehead atoms. The number of hydrogen-bond donors (Lipinski definition) is 0. The molecule has 1 aliphatic carbocycles. The van der Waals surface area contributed by atoms with Gasteiger partial charge < -0.3 is 4.90 Å². The van der Waals surface area contributed by atoms with Gasteiger partial charge in [-0.2, -0.15) is 13.2 Å². The van der Waals surface area contributed by atoms with Gasteiger partial charge in [-0.1, -0.05) is 6.07 Å². The molecular formula is C16H17F3N2OS2. The topological polar surface area (TPSA) is 33.2 Å². The Bertz CT molecular complexity index is 678. The number of hydrogen-bond acceptors (Lipinski definition) is 4. The van der Waals surface area contributed by atoms with Gasteiger partial charge in [0.25, 0.3) is 0 Å². The van der Waals surface area contributed by atoms with Gasteiger partial charge in [0.1, 0.15) is 5.01 Å². The van der Waals surface area contributed by atoms with Gasteiger partial charge in [-0.05, 0) is 30.2 Å². The van der Waals surface area contributed by atoms with Crippen LogP contribution in [0.25, 0.3) is 9.88 Å². The summed E-state index contributed by atoms with van der Waals surface area (Å²) in [6.07, 6.45) is -3.14. The van der Waals surface area contributed by atoms with Crippen LogP contribution in [-0.2, 0) is 11.2 Å². The van der Waals surface area contributed by atoms with Gasteiger partial charge in [0.2, 0.25) is 5.91 Å². The highest BCUT2D eigenvalue weighted by molar-refractivity contribution is 7.20. The lowest BCUT2D eigenvalue weighted by Gasteiger charge is -2.23. The van der Waals surface area contributed by atoms with Crippen LogP contribution in [-0.4, -0.2) is 35.1 Å². The molecule has 24 heavy (non-hydrogen) atoms. The summed E-state index contributed by atoms with van der Waals surface area (Å²) in [6, 6.07) is 3.89. The van der Waals surface area contributed by atoms with Crippen molar-refractivity contribution in [3.05, 3.63) is 28.6 Å². The summed E-state index contributed by atoms with van der Waals surface area (Å²) < 4.78 is 37.4. The second kappa shape index (κ2) is 7.23. The minimum absolute atomic E-state index is 0.0620. The van der Waals surface area contributed by atoms with Crippen LogP contribution in [0.5, 0.6) is 0 Å². The molecule has 0 N–H and O–H groups in total. The van der Waals surface area contributed by atoms with Crippen molar-refractivity contribution < 1.29 is 18.0 Å².